The molecule has 138 valence electrons. The number of nitrogens with zero attached hydrogens (tertiary/aromatic N) is 6. The van der Waals surface area contributed by atoms with E-state index in [1.54, 1.807) is 29.8 Å². The Morgan fingerprint density at radius 3 is 2.77 bits per heavy atom. The minimum Gasteiger partial charge on any atom is -0.385 e. The third kappa shape index (κ3) is 3.43. The Bertz CT molecular complexity index is 916. The lowest BCUT2D eigenvalue weighted by Crippen LogP contribution is -2.27. The summed E-state index contributed by atoms with van der Waals surface area (Å²) in [5, 5.41) is 22.3. The molecule has 1 N–H and O–H groups in total. The zero-order valence-electron chi connectivity index (χ0n) is 15.2. The number of aryl methyl sites for hydroxylation is 1. The molecule has 0 bridgehead atoms. The van der Waals surface area contributed by atoms with Crippen molar-refractivity contribution in [1.82, 2.24) is 29.6 Å². The summed E-state index contributed by atoms with van der Waals surface area (Å²) in [7, 11) is 1.67. The first-order valence-corrected chi connectivity index (χ1v) is 8.50. The first-order valence-electron chi connectivity index (χ1n) is 8.50. The molecule has 1 unspecified atom stereocenters. The van der Waals surface area contributed by atoms with Crippen molar-refractivity contribution in [3.05, 3.63) is 41.4 Å². The van der Waals surface area contributed by atoms with Gasteiger partial charge in [-0.15, -0.1) is 10.2 Å². The maximum atomic E-state index is 12.7. The summed E-state index contributed by atoms with van der Waals surface area (Å²) in [6.07, 6.45) is 1.53. The van der Waals surface area contributed by atoms with E-state index in [9.17, 15) is 9.90 Å². The summed E-state index contributed by atoms with van der Waals surface area (Å²) < 4.78 is 6.71. The molecular formula is C17H22N6O3. The zero-order chi connectivity index (χ0) is 18.8. The molecule has 0 aliphatic carbocycles. The van der Waals surface area contributed by atoms with E-state index in [1.807, 2.05) is 20.8 Å². The van der Waals surface area contributed by atoms with Gasteiger partial charge < -0.3 is 14.5 Å². The molecule has 1 amide bonds. The molecular weight excluding hydrogens is 336 g/mol. The van der Waals surface area contributed by atoms with E-state index in [0.29, 0.717) is 35.2 Å². The average molecular weight is 358 g/mol. The highest BCUT2D eigenvalue weighted by molar-refractivity contribution is 5.94. The van der Waals surface area contributed by atoms with Crippen molar-refractivity contribution in [2.24, 2.45) is 5.92 Å². The number of hydrogen-bond donors (Lipinski definition) is 1. The standard InChI is InChI=1S/C17H22N6O3/c1-5-14-18-12(21-26-14)9-22(4)17(25)11-6-7-13-19-20-16(23(13)8-11)15(24)10(2)3/h6-8,10,15,24H,5,9H2,1-4H3. The number of amides is 1. The number of carbonyl (C=O) groups excluding carboxylic acids is 1. The number of aliphatic hydroxyl groups is 1. The fourth-order valence-corrected chi connectivity index (χ4v) is 2.54. The van der Waals surface area contributed by atoms with Crippen molar-refractivity contribution in [3.63, 3.8) is 0 Å². The van der Waals surface area contributed by atoms with Crippen LogP contribution in [0.1, 0.15) is 54.8 Å². The molecule has 0 radical (unpaired) electrons. The molecule has 3 rings (SSSR count). The predicted octanol–water partition coefficient (Wildman–Crippen LogP) is 1.64. The monoisotopic (exact) mass is 358 g/mol. The van der Waals surface area contributed by atoms with Crippen molar-refractivity contribution in [2.75, 3.05) is 7.05 Å². The third-order valence-electron chi connectivity index (χ3n) is 4.11. The number of rotatable bonds is 6. The Hall–Kier alpha value is -2.81. The predicted molar refractivity (Wildman–Crippen MR) is 92.3 cm³/mol. The van der Waals surface area contributed by atoms with Gasteiger partial charge in [-0.3, -0.25) is 9.20 Å². The molecule has 0 spiro atoms. The first-order chi connectivity index (χ1) is 12.4. The smallest absolute Gasteiger partial charge is 0.255 e. The fraction of sp³-hybridized carbons (Fsp3) is 0.471. The number of aliphatic hydroxyl groups excluding tert-OH is 1. The lowest BCUT2D eigenvalue weighted by Gasteiger charge is -2.16. The Labute approximate surface area is 150 Å². The Balaban J connectivity index is 1.84. The van der Waals surface area contributed by atoms with Gasteiger partial charge in [-0.25, -0.2) is 0 Å². The van der Waals surface area contributed by atoms with Gasteiger partial charge in [0.1, 0.15) is 6.10 Å². The summed E-state index contributed by atoms with van der Waals surface area (Å²) in [6, 6.07) is 3.39. The van der Waals surface area contributed by atoms with Crippen LogP contribution < -0.4 is 0 Å². The van der Waals surface area contributed by atoms with Gasteiger partial charge in [0.2, 0.25) is 5.89 Å². The molecule has 0 aliphatic heterocycles. The van der Waals surface area contributed by atoms with Crippen molar-refractivity contribution < 1.29 is 14.4 Å². The second-order valence-electron chi connectivity index (χ2n) is 6.51. The Kier molecular flexibility index (Phi) is 4.99. The second-order valence-corrected chi connectivity index (χ2v) is 6.51. The lowest BCUT2D eigenvalue weighted by molar-refractivity contribution is 0.0779. The first kappa shape index (κ1) is 18.0. The minimum absolute atomic E-state index is 0.0181. The lowest BCUT2D eigenvalue weighted by atomic mass is 10.1. The number of aromatic nitrogens is 5. The minimum atomic E-state index is -0.764. The summed E-state index contributed by atoms with van der Waals surface area (Å²) >= 11 is 0. The summed E-state index contributed by atoms with van der Waals surface area (Å²) in [5.74, 6) is 1.19. The second kappa shape index (κ2) is 7.20. The normalized spacial score (nSPS) is 12.7. The highest BCUT2D eigenvalue weighted by Crippen LogP contribution is 2.21. The van der Waals surface area contributed by atoms with Crippen LogP contribution in [0.4, 0.5) is 0 Å². The topological polar surface area (TPSA) is 110 Å². The molecule has 0 aromatic carbocycles. The quantitative estimate of drug-likeness (QED) is 0.713. The van der Waals surface area contributed by atoms with E-state index >= 15 is 0 Å². The van der Waals surface area contributed by atoms with Gasteiger partial charge in [0.15, 0.2) is 17.3 Å². The fourth-order valence-electron chi connectivity index (χ4n) is 2.54. The number of carbonyl (C=O) groups is 1. The molecule has 0 saturated heterocycles. The van der Waals surface area contributed by atoms with Crippen LogP contribution in [0.25, 0.3) is 5.65 Å². The molecule has 9 nitrogen and oxygen atoms in total. The molecule has 0 saturated carbocycles. The Morgan fingerprint density at radius 2 is 2.12 bits per heavy atom. The highest BCUT2D eigenvalue weighted by Gasteiger charge is 2.21. The molecule has 26 heavy (non-hydrogen) atoms. The largest absolute Gasteiger partial charge is 0.385 e. The Morgan fingerprint density at radius 1 is 1.35 bits per heavy atom. The molecule has 1 atom stereocenters. The van der Waals surface area contributed by atoms with Crippen LogP contribution in [0.2, 0.25) is 0 Å². The van der Waals surface area contributed by atoms with Gasteiger partial charge >= 0.3 is 0 Å². The maximum absolute atomic E-state index is 12.7. The van der Waals surface area contributed by atoms with Crippen LogP contribution in [0, 0.1) is 5.92 Å². The summed E-state index contributed by atoms with van der Waals surface area (Å²) in [5.41, 5.74) is 1.03. The van der Waals surface area contributed by atoms with Crippen LogP contribution in [-0.4, -0.2) is 47.7 Å². The molecule has 3 heterocycles. The van der Waals surface area contributed by atoms with Crippen LogP contribution >= 0.6 is 0 Å². The molecule has 3 aromatic heterocycles. The van der Waals surface area contributed by atoms with Crippen molar-refractivity contribution in [1.29, 1.82) is 0 Å². The molecule has 3 aromatic rings. The summed E-state index contributed by atoms with van der Waals surface area (Å²) in [4.78, 5) is 18.5. The van der Waals surface area contributed by atoms with Crippen LogP contribution in [0.15, 0.2) is 22.9 Å². The van der Waals surface area contributed by atoms with E-state index in [4.69, 9.17) is 4.52 Å². The molecule has 0 fully saturated rings. The number of hydrogen-bond acceptors (Lipinski definition) is 7. The van der Waals surface area contributed by atoms with E-state index in [2.05, 4.69) is 20.3 Å². The van der Waals surface area contributed by atoms with Crippen molar-refractivity contribution in [2.45, 2.75) is 39.8 Å². The van der Waals surface area contributed by atoms with Crippen molar-refractivity contribution in [3.8, 4) is 0 Å². The van der Waals surface area contributed by atoms with Crippen LogP contribution in [0.5, 0.6) is 0 Å². The van der Waals surface area contributed by atoms with E-state index < -0.39 is 6.10 Å². The van der Waals surface area contributed by atoms with E-state index in [-0.39, 0.29) is 18.4 Å². The highest BCUT2D eigenvalue weighted by atomic mass is 16.5. The third-order valence-corrected chi connectivity index (χ3v) is 4.11. The van der Waals surface area contributed by atoms with Gasteiger partial charge in [0.25, 0.3) is 5.91 Å². The van der Waals surface area contributed by atoms with Gasteiger partial charge in [-0.05, 0) is 18.1 Å². The maximum Gasteiger partial charge on any atom is 0.255 e. The van der Waals surface area contributed by atoms with E-state index in [0.717, 1.165) is 0 Å². The average Bonchev–Trinajstić information content (AvgIpc) is 3.26. The van der Waals surface area contributed by atoms with Gasteiger partial charge in [0, 0.05) is 19.7 Å². The van der Waals surface area contributed by atoms with Crippen LogP contribution in [0.3, 0.4) is 0 Å². The summed E-state index contributed by atoms with van der Waals surface area (Å²) in [6.45, 7) is 5.95. The van der Waals surface area contributed by atoms with E-state index in [1.165, 1.54) is 4.90 Å². The van der Waals surface area contributed by atoms with Crippen LogP contribution in [-0.2, 0) is 13.0 Å². The van der Waals surface area contributed by atoms with Gasteiger partial charge in [0.05, 0.1) is 12.1 Å². The number of pyridine rings is 1. The zero-order valence-corrected chi connectivity index (χ0v) is 15.2. The number of fused-ring (bicyclic) bond motifs is 1. The molecule has 0 aliphatic rings. The van der Waals surface area contributed by atoms with Crippen molar-refractivity contribution >= 4 is 11.6 Å². The van der Waals surface area contributed by atoms with Gasteiger partial charge in [-0.2, -0.15) is 4.98 Å². The molecule has 9 heteroatoms. The van der Waals surface area contributed by atoms with Gasteiger partial charge in [-0.1, -0.05) is 25.9 Å². The SMILES string of the molecule is CCc1nc(CN(C)C(=O)c2ccc3nnc(C(O)C(C)C)n3c2)no1.